The number of alkyl halides is 1. The Morgan fingerprint density at radius 2 is 1.86 bits per heavy atom. The second kappa shape index (κ2) is 5.56. The van der Waals surface area contributed by atoms with Crippen molar-refractivity contribution >= 4 is 22.6 Å². The van der Waals surface area contributed by atoms with Gasteiger partial charge in [0.25, 0.3) is 0 Å². The Balaban J connectivity index is 2.61. The molecule has 2 atom stereocenters. The van der Waals surface area contributed by atoms with Crippen LogP contribution in [-0.4, -0.2) is 9.55 Å². The van der Waals surface area contributed by atoms with Crippen LogP contribution in [0.3, 0.4) is 0 Å². The smallest absolute Gasteiger partial charge is 0.153 e. The normalized spacial score (nSPS) is 15.4. The minimum atomic E-state index is -0.647. The molecule has 116 valence electrons. The molecule has 0 aliphatic carbocycles. The zero-order valence-electron chi connectivity index (χ0n) is 13.0. The highest BCUT2D eigenvalue weighted by atomic mass is 35.5. The molecule has 21 heavy (non-hydrogen) atoms. The summed E-state index contributed by atoms with van der Waals surface area (Å²) in [6.07, 6.45) is 0. The van der Waals surface area contributed by atoms with E-state index in [1.165, 1.54) is 6.07 Å². The Kier molecular flexibility index (Phi) is 4.29. The molecule has 1 aromatic carbocycles. The number of rotatable bonds is 3. The molecule has 0 aliphatic rings. The zero-order chi connectivity index (χ0) is 15.9. The first-order chi connectivity index (χ1) is 9.61. The van der Waals surface area contributed by atoms with Crippen molar-refractivity contribution in [3.05, 3.63) is 29.6 Å². The van der Waals surface area contributed by atoms with Crippen molar-refractivity contribution in [3.63, 3.8) is 0 Å². The van der Waals surface area contributed by atoms with E-state index in [0.717, 1.165) is 6.07 Å². The third-order valence-electron chi connectivity index (χ3n) is 4.09. The zero-order valence-corrected chi connectivity index (χ0v) is 13.8. The third kappa shape index (κ3) is 3.20. The highest BCUT2D eigenvalue weighted by molar-refractivity contribution is 6.20. The number of imidazole rings is 1. The van der Waals surface area contributed by atoms with Gasteiger partial charge in [-0.15, -0.1) is 11.6 Å². The van der Waals surface area contributed by atoms with Gasteiger partial charge in [0.15, 0.2) is 5.82 Å². The minimum absolute atomic E-state index is 0.0787. The molecule has 0 spiro atoms. The number of aromatic nitrogens is 2. The summed E-state index contributed by atoms with van der Waals surface area (Å²) in [5.74, 6) is -0.369. The van der Waals surface area contributed by atoms with Gasteiger partial charge in [-0.3, -0.25) is 0 Å². The van der Waals surface area contributed by atoms with Crippen molar-refractivity contribution < 1.29 is 8.78 Å². The number of nitrogens with zero attached hydrogens (tertiary/aromatic N) is 2. The van der Waals surface area contributed by atoms with E-state index in [9.17, 15) is 8.78 Å². The van der Waals surface area contributed by atoms with E-state index in [0.29, 0.717) is 23.8 Å². The summed E-state index contributed by atoms with van der Waals surface area (Å²) in [5.41, 5.74) is 0.723. The molecule has 1 heterocycles. The van der Waals surface area contributed by atoms with Crippen molar-refractivity contribution in [1.29, 1.82) is 0 Å². The van der Waals surface area contributed by atoms with E-state index in [4.69, 9.17) is 11.6 Å². The van der Waals surface area contributed by atoms with E-state index in [2.05, 4.69) is 32.7 Å². The molecule has 0 saturated heterocycles. The number of halogens is 3. The molecule has 0 saturated carbocycles. The SMILES string of the molecule is CC(Cl)c1nc2c(F)cc(F)cc2n1CC(C)C(C)(C)C. The van der Waals surface area contributed by atoms with Crippen LogP contribution < -0.4 is 0 Å². The molecular formula is C16H21ClF2N2. The second-order valence-corrected chi connectivity index (χ2v) is 7.37. The fourth-order valence-corrected chi connectivity index (χ4v) is 2.38. The molecule has 0 N–H and O–H groups in total. The predicted molar refractivity (Wildman–Crippen MR) is 82.5 cm³/mol. The van der Waals surface area contributed by atoms with Crippen LogP contribution in [0.2, 0.25) is 0 Å². The number of fused-ring (bicyclic) bond motifs is 1. The van der Waals surface area contributed by atoms with E-state index in [-0.39, 0.29) is 16.3 Å². The van der Waals surface area contributed by atoms with Crippen LogP contribution >= 0.6 is 11.6 Å². The Hall–Kier alpha value is -1.16. The van der Waals surface area contributed by atoms with Crippen LogP contribution in [0.15, 0.2) is 12.1 Å². The van der Waals surface area contributed by atoms with Gasteiger partial charge in [-0.05, 0) is 24.3 Å². The van der Waals surface area contributed by atoms with Gasteiger partial charge < -0.3 is 4.57 Å². The van der Waals surface area contributed by atoms with Gasteiger partial charge in [0.2, 0.25) is 0 Å². The van der Waals surface area contributed by atoms with Crippen LogP contribution in [0, 0.1) is 23.0 Å². The predicted octanol–water partition coefficient (Wildman–Crippen LogP) is 5.30. The van der Waals surface area contributed by atoms with Crippen LogP contribution in [-0.2, 0) is 6.54 Å². The Morgan fingerprint density at radius 1 is 1.24 bits per heavy atom. The number of hydrogen-bond donors (Lipinski definition) is 0. The van der Waals surface area contributed by atoms with Gasteiger partial charge >= 0.3 is 0 Å². The van der Waals surface area contributed by atoms with Gasteiger partial charge in [0.1, 0.15) is 17.2 Å². The fraction of sp³-hybridized carbons (Fsp3) is 0.562. The van der Waals surface area contributed by atoms with Gasteiger partial charge in [0, 0.05) is 12.6 Å². The van der Waals surface area contributed by atoms with Gasteiger partial charge in [0.05, 0.1) is 10.9 Å². The van der Waals surface area contributed by atoms with Crippen LogP contribution in [0.5, 0.6) is 0 Å². The van der Waals surface area contributed by atoms with Gasteiger partial charge in [-0.2, -0.15) is 0 Å². The van der Waals surface area contributed by atoms with Gasteiger partial charge in [-0.1, -0.05) is 27.7 Å². The van der Waals surface area contributed by atoms with Crippen LogP contribution in [0.1, 0.15) is 45.8 Å². The molecule has 1 aromatic heterocycles. The molecule has 5 heteroatoms. The molecule has 0 aliphatic heterocycles. The topological polar surface area (TPSA) is 17.8 Å². The second-order valence-electron chi connectivity index (χ2n) is 6.72. The average Bonchev–Trinajstić information content (AvgIpc) is 2.67. The van der Waals surface area contributed by atoms with Crippen molar-refractivity contribution in [1.82, 2.24) is 9.55 Å². The lowest BCUT2D eigenvalue weighted by Gasteiger charge is -2.28. The van der Waals surface area contributed by atoms with E-state index in [1.54, 1.807) is 6.92 Å². The molecule has 0 fully saturated rings. The summed E-state index contributed by atoms with van der Waals surface area (Å²) in [6, 6.07) is 2.18. The first kappa shape index (κ1) is 16.2. The molecule has 2 aromatic rings. The summed E-state index contributed by atoms with van der Waals surface area (Å²) in [4.78, 5) is 4.28. The monoisotopic (exact) mass is 314 g/mol. The van der Waals surface area contributed by atoms with Crippen LogP contribution in [0.25, 0.3) is 11.0 Å². The standard InChI is InChI=1S/C16H21ClF2N2/c1-9(16(3,4)5)8-21-13-7-11(18)6-12(19)14(13)20-15(21)10(2)17/h6-7,9-10H,8H2,1-5H3. The molecule has 0 amide bonds. The Bertz CT molecular complexity index is 656. The fourth-order valence-electron chi connectivity index (χ4n) is 2.21. The Morgan fingerprint density at radius 3 is 2.38 bits per heavy atom. The van der Waals surface area contributed by atoms with Crippen molar-refractivity contribution in [2.45, 2.75) is 46.5 Å². The molecule has 2 nitrogen and oxygen atoms in total. The maximum Gasteiger partial charge on any atom is 0.153 e. The van der Waals surface area contributed by atoms with Crippen molar-refractivity contribution in [3.8, 4) is 0 Å². The van der Waals surface area contributed by atoms with Crippen molar-refractivity contribution in [2.24, 2.45) is 11.3 Å². The molecule has 2 rings (SSSR count). The van der Waals surface area contributed by atoms with Gasteiger partial charge in [-0.25, -0.2) is 13.8 Å². The first-order valence-electron chi connectivity index (χ1n) is 7.10. The quantitative estimate of drug-likeness (QED) is 0.703. The summed E-state index contributed by atoms with van der Waals surface area (Å²) in [7, 11) is 0. The average molecular weight is 315 g/mol. The summed E-state index contributed by atoms with van der Waals surface area (Å²) in [6.45, 7) is 10.9. The number of benzene rings is 1. The first-order valence-corrected chi connectivity index (χ1v) is 7.54. The van der Waals surface area contributed by atoms with Crippen molar-refractivity contribution in [2.75, 3.05) is 0 Å². The number of hydrogen-bond acceptors (Lipinski definition) is 1. The minimum Gasteiger partial charge on any atom is -0.326 e. The van der Waals surface area contributed by atoms with E-state index in [1.807, 2.05) is 4.57 Å². The lowest BCUT2D eigenvalue weighted by Crippen LogP contribution is -2.23. The maximum absolute atomic E-state index is 13.9. The van der Waals surface area contributed by atoms with E-state index < -0.39 is 11.6 Å². The van der Waals surface area contributed by atoms with E-state index >= 15 is 0 Å². The molecule has 0 radical (unpaired) electrons. The molecule has 0 bridgehead atoms. The highest BCUT2D eigenvalue weighted by Gasteiger charge is 2.25. The van der Waals surface area contributed by atoms with Crippen LogP contribution in [0.4, 0.5) is 8.78 Å². The highest BCUT2D eigenvalue weighted by Crippen LogP contribution is 2.32. The summed E-state index contributed by atoms with van der Waals surface area (Å²) < 4.78 is 29.3. The molecule has 2 unspecified atom stereocenters. The molecular weight excluding hydrogens is 294 g/mol. The summed E-state index contributed by atoms with van der Waals surface area (Å²) >= 11 is 6.17. The largest absolute Gasteiger partial charge is 0.326 e. The Labute approximate surface area is 129 Å². The lowest BCUT2D eigenvalue weighted by molar-refractivity contribution is 0.233. The lowest BCUT2D eigenvalue weighted by atomic mass is 9.82. The maximum atomic E-state index is 13.9. The summed E-state index contributed by atoms with van der Waals surface area (Å²) in [5, 5.41) is -0.368. The third-order valence-corrected chi connectivity index (χ3v) is 4.29.